The second-order valence-corrected chi connectivity index (χ2v) is 17.6. The summed E-state index contributed by atoms with van der Waals surface area (Å²) in [6.45, 7) is 12.0. The molecule has 0 aromatic heterocycles. The van der Waals surface area contributed by atoms with Crippen LogP contribution in [-0.2, 0) is 33.4 Å². The Hall–Kier alpha value is -3.32. The molecule has 1 aliphatic heterocycles. The van der Waals surface area contributed by atoms with Gasteiger partial charge in [-0.2, -0.15) is 0 Å². The number of ether oxygens (including phenoxy) is 3. The Bertz CT molecular complexity index is 1520. The van der Waals surface area contributed by atoms with Crippen molar-refractivity contribution in [2.24, 2.45) is 47.3 Å². The van der Waals surface area contributed by atoms with Gasteiger partial charge in [-0.3, -0.25) is 19.2 Å². The van der Waals surface area contributed by atoms with Gasteiger partial charge in [-0.25, -0.2) is 0 Å². The van der Waals surface area contributed by atoms with Crippen LogP contribution in [0.2, 0.25) is 0 Å². The van der Waals surface area contributed by atoms with Crippen molar-refractivity contribution in [2.45, 2.75) is 168 Å². The Morgan fingerprint density at radius 3 is 2.02 bits per heavy atom. The third-order valence-electron chi connectivity index (χ3n) is 13.1. The molecule has 4 aliphatic carbocycles. The largest absolute Gasteiger partial charge is 0.481 e. The summed E-state index contributed by atoms with van der Waals surface area (Å²) >= 11 is 0. The molecule has 5 aliphatic rings. The fourth-order valence-corrected chi connectivity index (χ4v) is 9.32. The first kappa shape index (κ1) is 47.4. The van der Waals surface area contributed by atoms with Gasteiger partial charge in [-0.05, 0) is 92.6 Å². The topological polar surface area (TPSA) is 197 Å². The number of rotatable bonds is 16. The lowest BCUT2D eigenvalue weighted by Gasteiger charge is -2.43. The van der Waals surface area contributed by atoms with Crippen LogP contribution >= 0.6 is 0 Å². The zero-order valence-electron chi connectivity index (χ0n) is 35.4. The van der Waals surface area contributed by atoms with Crippen molar-refractivity contribution in [1.29, 1.82) is 0 Å². The van der Waals surface area contributed by atoms with Crippen molar-refractivity contribution in [3.63, 3.8) is 0 Å². The van der Waals surface area contributed by atoms with Gasteiger partial charge in [-0.15, -0.1) is 0 Å². The summed E-state index contributed by atoms with van der Waals surface area (Å²) in [6.07, 6.45) is 15.3. The highest BCUT2D eigenvalue weighted by Crippen LogP contribution is 2.45. The number of carbonyl (C=O) groups is 4. The summed E-state index contributed by atoms with van der Waals surface area (Å²) in [6, 6.07) is 0. The molecule has 12 nitrogen and oxygen atoms in total. The van der Waals surface area contributed by atoms with Crippen molar-refractivity contribution in [2.75, 3.05) is 0 Å². The number of aliphatic hydroxyl groups excluding tert-OH is 4. The summed E-state index contributed by atoms with van der Waals surface area (Å²) in [5, 5.41) is 48.9. The first-order valence-electron chi connectivity index (χ1n) is 21.8. The van der Waals surface area contributed by atoms with Crippen LogP contribution in [0.15, 0.2) is 47.6 Å². The van der Waals surface area contributed by atoms with Crippen LogP contribution in [0.5, 0.6) is 0 Å². The van der Waals surface area contributed by atoms with E-state index in [1.807, 2.05) is 39.8 Å². The standard InChI is InChI=1S/C23H36O7.C23H34O5/c1-4-13(2)23(29)30-20-11-17(25)9-15-6-5-14(3)19(22(15)20)8-7-16(24)10-18(26)12-21(27)28;1-4-14(2)23(26)28-20-7-5-6-16-9-8-15(3)19(22(16)20)11-10-18-12-17(24)13-21(25)27-18/h5-6,9,13-14,16-20,22,24-26H,4,7-8,10-12H2,1-3H3,(H,27,28);6,8-9,14-15,17-20,22,24H,4-5,7,10-13H2,1-3H3/t13-,14-,16+,17+,18+,19-,20-,22-;14-,15-,17+,18+,19-,20-,22-/m00/s1. The third-order valence-corrected chi connectivity index (χ3v) is 13.1. The molecule has 0 radical (unpaired) electrons. The Labute approximate surface area is 344 Å². The number of hydrogen-bond donors (Lipinski definition) is 5. The van der Waals surface area contributed by atoms with Crippen LogP contribution in [-0.4, -0.2) is 92.1 Å². The maximum atomic E-state index is 12.4. The normalized spacial score (nSPS) is 33.6. The van der Waals surface area contributed by atoms with Gasteiger partial charge in [0.1, 0.15) is 18.3 Å². The molecular weight excluding hydrogens is 744 g/mol. The number of carboxylic acids is 1. The molecule has 15 atom stereocenters. The van der Waals surface area contributed by atoms with Crippen LogP contribution in [0, 0.1) is 47.3 Å². The van der Waals surface area contributed by atoms with Gasteiger partial charge in [0.05, 0.1) is 49.1 Å². The van der Waals surface area contributed by atoms with Crippen molar-refractivity contribution in [1.82, 2.24) is 0 Å². The molecule has 0 aromatic rings. The number of carbonyl (C=O) groups excluding carboxylic acids is 3. The van der Waals surface area contributed by atoms with E-state index in [-0.39, 0.29) is 84.9 Å². The molecular formula is C46H70O12. The minimum Gasteiger partial charge on any atom is -0.481 e. The first-order valence-corrected chi connectivity index (χ1v) is 21.8. The van der Waals surface area contributed by atoms with Crippen LogP contribution in [0.25, 0.3) is 0 Å². The lowest BCUT2D eigenvalue weighted by Crippen LogP contribution is -2.43. The van der Waals surface area contributed by atoms with Gasteiger partial charge >= 0.3 is 23.9 Å². The van der Waals surface area contributed by atoms with E-state index in [2.05, 4.69) is 38.2 Å². The van der Waals surface area contributed by atoms with E-state index in [1.165, 1.54) is 5.57 Å². The number of allylic oxidation sites excluding steroid dienone is 5. The minimum atomic E-state index is -1.10. The second kappa shape index (κ2) is 22.3. The number of aliphatic hydroxyl groups is 4. The smallest absolute Gasteiger partial charge is 0.308 e. The Balaban J connectivity index is 0.000000257. The molecule has 0 spiro atoms. The highest BCUT2D eigenvalue weighted by atomic mass is 16.6. The third kappa shape index (κ3) is 13.3. The van der Waals surface area contributed by atoms with Crippen molar-refractivity contribution in [3.8, 4) is 0 Å². The Kier molecular flexibility index (Phi) is 18.2. The fraction of sp³-hybridized carbons (Fsp3) is 0.739. The van der Waals surface area contributed by atoms with E-state index in [9.17, 15) is 39.6 Å². The molecule has 0 aromatic carbocycles. The molecule has 1 heterocycles. The molecule has 58 heavy (non-hydrogen) atoms. The number of cyclic esters (lactones) is 1. The summed E-state index contributed by atoms with van der Waals surface area (Å²) in [4.78, 5) is 47.2. The fourth-order valence-electron chi connectivity index (χ4n) is 9.32. The highest BCUT2D eigenvalue weighted by molar-refractivity contribution is 5.73. The zero-order valence-corrected chi connectivity index (χ0v) is 35.4. The summed E-state index contributed by atoms with van der Waals surface area (Å²) < 4.78 is 17.3. The molecule has 0 unspecified atom stereocenters. The molecule has 0 saturated carbocycles. The molecule has 5 rings (SSSR count). The van der Waals surface area contributed by atoms with Crippen LogP contribution in [0.1, 0.15) is 125 Å². The SMILES string of the molecule is CC[C@H](C)C(=O)O[C@H]1CCC=C2C=C[C@H](C)[C@H](CC[C@@H]3C[C@@H](O)CC(=O)O3)[C@H]21.CC[C@H](C)C(=O)O[C@H]1C[C@H](O)C=C2C=C[C@H](C)[C@H](CC[C@@H](O)C[C@@H](O)CC(=O)O)[C@H]21. The van der Waals surface area contributed by atoms with E-state index in [1.54, 1.807) is 0 Å². The van der Waals surface area contributed by atoms with E-state index in [4.69, 9.17) is 19.3 Å². The molecule has 0 bridgehead atoms. The minimum absolute atomic E-state index is 0.0156. The monoisotopic (exact) mass is 814 g/mol. The summed E-state index contributed by atoms with van der Waals surface area (Å²) in [5.41, 5.74) is 2.23. The number of carboxylic acid groups (broad SMARTS) is 1. The van der Waals surface area contributed by atoms with Gasteiger partial charge in [0, 0.05) is 24.7 Å². The van der Waals surface area contributed by atoms with Gasteiger partial charge in [0.2, 0.25) is 0 Å². The Morgan fingerprint density at radius 1 is 0.828 bits per heavy atom. The predicted octanol–water partition coefficient (Wildman–Crippen LogP) is 6.39. The lowest BCUT2D eigenvalue weighted by molar-refractivity contribution is -0.162. The highest BCUT2D eigenvalue weighted by Gasteiger charge is 2.43. The summed E-state index contributed by atoms with van der Waals surface area (Å²) in [7, 11) is 0. The van der Waals surface area contributed by atoms with Crippen LogP contribution in [0.3, 0.4) is 0 Å². The van der Waals surface area contributed by atoms with E-state index in [0.717, 1.165) is 37.7 Å². The maximum absolute atomic E-state index is 12.4. The predicted molar refractivity (Wildman–Crippen MR) is 218 cm³/mol. The van der Waals surface area contributed by atoms with Crippen LogP contribution in [0.4, 0.5) is 0 Å². The molecule has 326 valence electrons. The van der Waals surface area contributed by atoms with Crippen LogP contribution < -0.4 is 0 Å². The van der Waals surface area contributed by atoms with Gasteiger partial charge in [0.15, 0.2) is 0 Å². The van der Waals surface area contributed by atoms with Gasteiger partial charge < -0.3 is 39.7 Å². The maximum Gasteiger partial charge on any atom is 0.308 e. The molecule has 0 amide bonds. The molecule has 1 saturated heterocycles. The van der Waals surface area contributed by atoms with Gasteiger partial charge in [-0.1, -0.05) is 78.0 Å². The lowest BCUT2D eigenvalue weighted by atomic mass is 9.66. The first-order chi connectivity index (χ1) is 27.5. The van der Waals surface area contributed by atoms with E-state index in [0.29, 0.717) is 43.9 Å². The molecule has 12 heteroatoms. The average Bonchev–Trinajstić information content (AvgIpc) is 3.16. The molecule has 1 fully saturated rings. The second-order valence-electron chi connectivity index (χ2n) is 17.6. The number of aliphatic carboxylic acids is 1. The van der Waals surface area contributed by atoms with E-state index < -0.39 is 36.5 Å². The average molecular weight is 815 g/mol. The van der Waals surface area contributed by atoms with Gasteiger partial charge in [0.25, 0.3) is 0 Å². The number of hydrogen-bond acceptors (Lipinski definition) is 11. The van der Waals surface area contributed by atoms with E-state index >= 15 is 0 Å². The molecule has 5 N–H and O–H groups in total. The quantitative estimate of drug-likeness (QED) is 0.0852. The zero-order chi connectivity index (χ0) is 42.7. The summed E-state index contributed by atoms with van der Waals surface area (Å²) in [5.74, 6) is -0.884. The van der Waals surface area contributed by atoms with Crippen molar-refractivity contribution in [3.05, 3.63) is 47.6 Å². The number of fused-ring (bicyclic) bond motifs is 2. The number of esters is 3. The van der Waals surface area contributed by atoms with Crippen molar-refractivity contribution < 1.29 is 58.9 Å². The Morgan fingerprint density at radius 2 is 1.41 bits per heavy atom. The van der Waals surface area contributed by atoms with Crippen molar-refractivity contribution >= 4 is 23.9 Å².